The lowest BCUT2D eigenvalue weighted by atomic mass is 10.3. The fraction of sp³-hybridized carbons (Fsp3) is 0.312. The summed E-state index contributed by atoms with van der Waals surface area (Å²) in [5.41, 5.74) is 0.893. The summed E-state index contributed by atoms with van der Waals surface area (Å²) in [6, 6.07) is 5.74. The van der Waals surface area contributed by atoms with E-state index in [0.29, 0.717) is 28.8 Å². The van der Waals surface area contributed by atoms with Crippen LogP contribution >= 0.6 is 22.7 Å². The summed E-state index contributed by atoms with van der Waals surface area (Å²) >= 11 is 2.74. The molecule has 2 heterocycles. The van der Waals surface area contributed by atoms with Gasteiger partial charge >= 0.3 is 0 Å². The van der Waals surface area contributed by atoms with Gasteiger partial charge in [0.2, 0.25) is 0 Å². The molecule has 118 valence electrons. The molecule has 0 radical (unpaired) electrons. The zero-order valence-corrected chi connectivity index (χ0v) is 14.5. The zero-order chi connectivity index (χ0) is 16.8. The molecule has 2 aromatic rings. The van der Waals surface area contributed by atoms with Crippen molar-refractivity contribution in [1.29, 1.82) is 10.5 Å². The molecule has 0 saturated heterocycles. The molecule has 23 heavy (non-hydrogen) atoms. The second kappa shape index (κ2) is 7.89. The van der Waals surface area contributed by atoms with Crippen LogP contribution in [0.15, 0.2) is 16.2 Å². The monoisotopic (exact) mass is 345 g/mol. The number of aryl methyl sites for hydroxylation is 1. The van der Waals surface area contributed by atoms with Crippen molar-refractivity contribution in [1.82, 2.24) is 4.57 Å². The molecule has 0 aliphatic heterocycles. The SMILES string of the molecule is COCCCn1c(=C(C#N)C#N)s/c(=C/c2sccc2C)c1=O. The van der Waals surface area contributed by atoms with E-state index in [9.17, 15) is 4.79 Å². The van der Waals surface area contributed by atoms with E-state index in [1.165, 1.54) is 15.9 Å². The Kier molecular flexibility index (Phi) is 5.89. The van der Waals surface area contributed by atoms with Crippen LogP contribution in [0.2, 0.25) is 0 Å². The van der Waals surface area contributed by atoms with Crippen molar-refractivity contribution in [3.63, 3.8) is 0 Å². The van der Waals surface area contributed by atoms with Crippen molar-refractivity contribution < 1.29 is 4.74 Å². The largest absolute Gasteiger partial charge is 0.385 e. The number of rotatable bonds is 5. The highest BCUT2D eigenvalue weighted by Gasteiger charge is 2.09. The van der Waals surface area contributed by atoms with Gasteiger partial charge in [0.25, 0.3) is 5.56 Å². The lowest BCUT2D eigenvalue weighted by Gasteiger charge is -2.01. The van der Waals surface area contributed by atoms with E-state index in [0.717, 1.165) is 10.4 Å². The third-order valence-electron chi connectivity index (χ3n) is 3.24. The number of hydrogen-bond acceptors (Lipinski definition) is 6. The molecule has 0 N–H and O–H groups in total. The minimum atomic E-state index is -0.170. The summed E-state index contributed by atoms with van der Waals surface area (Å²) in [6.45, 7) is 2.91. The van der Waals surface area contributed by atoms with Crippen molar-refractivity contribution in [2.75, 3.05) is 13.7 Å². The first-order chi connectivity index (χ1) is 11.1. The van der Waals surface area contributed by atoms with Crippen LogP contribution in [0.4, 0.5) is 0 Å². The van der Waals surface area contributed by atoms with E-state index < -0.39 is 0 Å². The van der Waals surface area contributed by atoms with E-state index in [4.69, 9.17) is 15.3 Å². The average molecular weight is 345 g/mol. The molecule has 2 aromatic heterocycles. The van der Waals surface area contributed by atoms with E-state index in [-0.39, 0.29) is 11.1 Å². The molecular formula is C16H15N3O2S2. The summed E-state index contributed by atoms with van der Waals surface area (Å²) in [6.07, 6.45) is 2.47. The van der Waals surface area contributed by atoms with Gasteiger partial charge in [0.05, 0.1) is 4.53 Å². The molecule has 0 saturated carbocycles. The maximum atomic E-state index is 12.6. The van der Waals surface area contributed by atoms with Crippen LogP contribution in [0.5, 0.6) is 0 Å². The fourth-order valence-corrected chi connectivity index (χ4v) is 4.04. The van der Waals surface area contributed by atoms with Gasteiger partial charge in [-0.2, -0.15) is 10.5 Å². The lowest BCUT2D eigenvalue weighted by molar-refractivity contribution is 0.190. The molecule has 0 aromatic carbocycles. The minimum absolute atomic E-state index is 0.0351. The molecule has 7 heteroatoms. The molecule has 5 nitrogen and oxygen atoms in total. The summed E-state index contributed by atoms with van der Waals surface area (Å²) in [7, 11) is 1.60. The third kappa shape index (κ3) is 3.77. The topological polar surface area (TPSA) is 78.8 Å². The Morgan fingerprint density at radius 2 is 2.17 bits per heavy atom. The lowest BCUT2D eigenvalue weighted by Crippen LogP contribution is -2.32. The van der Waals surface area contributed by atoms with Gasteiger partial charge in [-0.1, -0.05) is 0 Å². The number of ether oxygens (including phenoxy) is 1. The molecule has 0 aliphatic rings. The Hall–Kier alpha value is -2.19. The number of aromatic nitrogens is 1. The van der Waals surface area contributed by atoms with E-state index in [2.05, 4.69) is 0 Å². The van der Waals surface area contributed by atoms with Gasteiger partial charge in [-0.3, -0.25) is 9.36 Å². The standard InChI is InChI=1S/C16H15N3O2S2/c1-11-4-7-22-13(11)8-14-15(20)19(5-3-6-21-2)16(23-14)12(9-17)10-18/h4,7-8H,3,5-6H2,1-2H3/b14-8+. The number of hydrogen-bond donors (Lipinski definition) is 0. The maximum Gasteiger partial charge on any atom is 0.269 e. The van der Waals surface area contributed by atoms with E-state index in [1.807, 2.05) is 36.6 Å². The van der Waals surface area contributed by atoms with Crippen LogP contribution < -0.4 is 14.8 Å². The number of thiophene rings is 1. The number of thiazole rings is 1. The first-order valence-corrected chi connectivity index (χ1v) is 8.61. The van der Waals surface area contributed by atoms with Crippen molar-refractivity contribution in [3.8, 4) is 12.1 Å². The average Bonchev–Trinajstić information content (AvgIpc) is 3.08. The zero-order valence-electron chi connectivity index (χ0n) is 12.8. The highest BCUT2D eigenvalue weighted by Crippen LogP contribution is 2.15. The van der Waals surface area contributed by atoms with Gasteiger partial charge in [0.15, 0.2) is 5.57 Å². The first-order valence-electron chi connectivity index (χ1n) is 6.91. The Balaban J connectivity index is 2.67. The van der Waals surface area contributed by atoms with Crippen molar-refractivity contribution >= 4 is 34.3 Å². The van der Waals surface area contributed by atoms with Gasteiger partial charge in [-0.15, -0.1) is 22.7 Å². The molecule has 2 rings (SSSR count). The molecular weight excluding hydrogens is 330 g/mol. The predicted molar refractivity (Wildman–Crippen MR) is 91.6 cm³/mol. The summed E-state index contributed by atoms with van der Waals surface area (Å²) in [5.74, 6) is 0. The van der Waals surface area contributed by atoms with Gasteiger partial charge < -0.3 is 4.74 Å². The van der Waals surface area contributed by atoms with Crippen molar-refractivity contribution in [2.45, 2.75) is 19.9 Å². The van der Waals surface area contributed by atoms with Gasteiger partial charge in [0, 0.05) is 25.1 Å². The van der Waals surface area contributed by atoms with Crippen LogP contribution in [0.3, 0.4) is 0 Å². The van der Waals surface area contributed by atoms with Crippen LogP contribution in [-0.2, 0) is 11.3 Å². The van der Waals surface area contributed by atoms with Crippen molar-refractivity contribution in [2.24, 2.45) is 0 Å². The first kappa shape index (κ1) is 17.2. The van der Waals surface area contributed by atoms with Crippen LogP contribution in [0.1, 0.15) is 16.9 Å². The van der Waals surface area contributed by atoms with Crippen LogP contribution in [0, 0.1) is 29.6 Å². The molecule has 0 fully saturated rings. The normalized spacial score (nSPS) is 11.2. The highest BCUT2D eigenvalue weighted by molar-refractivity contribution is 7.11. The van der Waals surface area contributed by atoms with Gasteiger partial charge in [-0.05, 0) is 36.4 Å². The van der Waals surface area contributed by atoms with Gasteiger partial charge in [0.1, 0.15) is 16.8 Å². The van der Waals surface area contributed by atoms with Crippen LogP contribution in [0.25, 0.3) is 11.6 Å². The summed E-state index contributed by atoms with van der Waals surface area (Å²) < 4.78 is 7.46. The molecule has 0 bridgehead atoms. The predicted octanol–water partition coefficient (Wildman–Crippen LogP) is 1.34. The minimum Gasteiger partial charge on any atom is -0.385 e. The maximum absolute atomic E-state index is 12.6. The number of methoxy groups -OCH3 is 1. The molecule has 0 atom stereocenters. The fourth-order valence-electron chi connectivity index (χ4n) is 2.05. The third-order valence-corrected chi connectivity index (χ3v) is 5.34. The Morgan fingerprint density at radius 3 is 2.74 bits per heavy atom. The van der Waals surface area contributed by atoms with E-state index in [1.54, 1.807) is 18.4 Å². The Morgan fingerprint density at radius 1 is 1.43 bits per heavy atom. The summed E-state index contributed by atoms with van der Waals surface area (Å²) in [5, 5.41) is 20.2. The Bertz CT molecular complexity index is 935. The second-order valence-corrected chi connectivity index (χ2v) is 6.76. The van der Waals surface area contributed by atoms with Crippen LogP contribution in [-0.4, -0.2) is 18.3 Å². The summed E-state index contributed by atoms with van der Waals surface area (Å²) in [4.78, 5) is 13.6. The molecule has 0 spiro atoms. The second-order valence-electron chi connectivity index (χ2n) is 4.79. The Labute approximate surface area is 141 Å². The van der Waals surface area contributed by atoms with Gasteiger partial charge in [-0.25, -0.2) is 0 Å². The molecule has 0 aliphatic carbocycles. The number of nitriles is 2. The van der Waals surface area contributed by atoms with E-state index >= 15 is 0 Å². The highest BCUT2D eigenvalue weighted by atomic mass is 32.1. The quantitative estimate of drug-likeness (QED) is 0.766. The molecule has 0 amide bonds. The number of nitrogens with zero attached hydrogens (tertiary/aromatic N) is 3. The van der Waals surface area contributed by atoms with Crippen molar-refractivity contribution in [3.05, 3.63) is 41.4 Å². The smallest absolute Gasteiger partial charge is 0.269 e. The molecule has 0 unspecified atom stereocenters.